The number of amides is 1. The first-order chi connectivity index (χ1) is 12.2. The molecule has 3 rings (SSSR count). The number of benzene rings is 2. The van der Waals surface area contributed by atoms with Crippen molar-refractivity contribution >= 4 is 42.1 Å². The van der Waals surface area contributed by atoms with Crippen LogP contribution < -0.4 is 10.2 Å². The lowest BCUT2D eigenvalue weighted by molar-refractivity contribution is -0.128. The quantitative estimate of drug-likeness (QED) is 0.790. The molecule has 0 unspecified atom stereocenters. The van der Waals surface area contributed by atoms with Crippen LogP contribution in [0.2, 0.25) is 0 Å². The summed E-state index contributed by atoms with van der Waals surface area (Å²) in [6, 6.07) is 18.1. The highest BCUT2D eigenvalue weighted by Crippen LogP contribution is 2.22. The van der Waals surface area contributed by atoms with Crippen LogP contribution in [0.5, 0.6) is 0 Å². The summed E-state index contributed by atoms with van der Waals surface area (Å²) in [5.74, 6) is 0.0700. The largest absolute Gasteiger partial charge is 0.378 e. The molecule has 0 saturated carbocycles. The predicted molar refractivity (Wildman–Crippen MR) is 115 cm³/mol. The fourth-order valence-corrected chi connectivity index (χ4v) is 2.97. The molecule has 0 radical (unpaired) electrons. The molecule has 1 amide bonds. The van der Waals surface area contributed by atoms with Crippen molar-refractivity contribution in [2.45, 2.75) is 6.54 Å². The summed E-state index contributed by atoms with van der Waals surface area (Å²) in [5, 5.41) is 3.17. The maximum Gasteiger partial charge on any atom is 0.241 e. The SMILES string of the molecule is CN(Cc1ccccc1N1CCOCC1)C(=O)CNc1ccccc1.Cl.Cl. The van der Waals surface area contributed by atoms with Gasteiger partial charge in [-0.05, 0) is 23.8 Å². The zero-order valence-corrected chi connectivity index (χ0v) is 17.1. The molecule has 0 bridgehead atoms. The van der Waals surface area contributed by atoms with E-state index in [4.69, 9.17) is 4.74 Å². The third-order valence-corrected chi connectivity index (χ3v) is 4.39. The Labute approximate surface area is 173 Å². The summed E-state index contributed by atoms with van der Waals surface area (Å²) in [6.07, 6.45) is 0. The first-order valence-electron chi connectivity index (χ1n) is 8.67. The van der Waals surface area contributed by atoms with Crippen molar-refractivity contribution in [1.82, 2.24) is 4.90 Å². The van der Waals surface area contributed by atoms with Crippen LogP contribution >= 0.6 is 24.8 Å². The number of nitrogens with one attached hydrogen (secondary N) is 1. The summed E-state index contributed by atoms with van der Waals surface area (Å²) in [4.78, 5) is 16.5. The Kier molecular flexibility index (Phi) is 10.0. The lowest BCUT2D eigenvalue weighted by atomic mass is 10.1. The van der Waals surface area contributed by atoms with Gasteiger partial charge in [0, 0.05) is 38.1 Å². The molecule has 1 saturated heterocycles. The second-order valence-electron chi connectivity index (χ2n) is 6.20. The number of hydrogen-bond donors (Lipinski definition) is 1. The van der Waals surface area contributed by atoms with Crippen LogP contribution in [0.25, 0.3) is 0 Å². The van der Waals surface area contributed by atoms with E-state index in [1.54, 1.807) is 4.90 Å². The molecule has 0 aliphatic carbocycles. The number of anilines is 2. The topological polar surface area (TPSA) is 44.8 Å². The minimum Gasteiger partial charge on any atom is -0.378 e. The van der Waals surface area contributed by atoms with E-state index in [0.29, 0.717) is 13.1 Å². The minimum atomic E-state index is 0. The number of rotatable bonds is 6. The summed E-state index contributed by atoms with van der Waals surface area (Å²) in [6.45, 7) is 4.19. The van der Waals surface area contributed by atoms with Crippen LogP contribution in [0.4, 0.5) is 11.4 Å². The number of halogens is 2. The van der Waals surface area contributed by atoms with Gasteiger partial charge in [0.1, 0.15) is 0 Å². The number of nitrogens with zero attached hydrogens (tertiary/aromatic N) is 2. The molecule has 0 atom stereocenters. The minimum absolute atomic E-state index is 0. The van der Waals surface area contributed by atoms with E-state index in [0.717, 1.165) is 32.0 Å². The molecule has 0 spiro atoms. The molecule has 2 aromatic rings. The highest BCUT2D eigenvalue weighted by atomic mass is 35.5. The van der Waals surface area contributed by atoms with E-state index in [9.17, 15) is 4.79 Å². The Morgan fingerprint density at radius 2 is 1.67 bits per heavy atom. The number of carbonyl (C=O) groups excluding carboxylic acids is 1. The van der Waals surface area contributed by atoms with E-state index in [2.05, 4.69) is 22.3 Å². The molecule has 0 aromatic heterocycles. The Hall–Kier alpha value is -1.95. The van der Waals surface area contributed by atoms with Crippen LogP contribution in [-0.4, -0.2) is 50.7 Å². The van der Waals surface area contributed by atoms with Crippen molar-refractivity contribution in [1.29, 1.82) is 0 Å². The number of morpholine rings is 1. The number of carbonyl (C=O) groups is 1. The molecule has 1 heterocycles. The first-order valence-corrected chi connectivity index (χ1v) is 8.67. The zero-order valence-electron chi connectivity index (χ0n) is 15.5. The first kappa shape index (κ1) is 23.1. The second-order valence-corrected chi connectivity index (χ2v) is 6.20. The van der Waals surface area contributed by atoms with Gasteiger partial charge in [-0.2, -0.15) is 0 Å². The highest BCUT2D eigenvalue weighted by molar-refractivity contribution is 5.85. The Balaban J connectivity index is 0.00000182. The fraction of sp³-hybridized carbons (Fsp3) is 0.350. The van der Waals surface area contributed by atoms with E-state index in [-0.39, 0.29) is 30.7 Å². The molecule has 1 N–H and O–H groups in total. The van der Waals surface area contributed by atoms with Crippen molar-refractivity contribution in [2.24, 2.45) is 0 Å². The summed E-state index contributed by atoms with van der Waals surface area (Å²) in [7, 11) is 1.85. The van der Waals surface area contributed by atoms with Crippen molar-refractivity contribution in [3.63, 3.8) is 0 Å². The Bertz CT molecular complexity index is 695. The van der Waals surface area contributed by atoms with E-state index in [1.165, 1.54) is 11.3 Å². The lowest BCUT2D eigenvalue weighted by Gasteiger charge is -2.31. The zero-order chi connectivity index (χ0) is 17.5. The van der Waals surface area contributed by atoms with Crippen LogP contribution in [0, 0.1) is 0 Å². The molecule has 1 aliphatic heterocycles. The van der Waals surface area contributed by atoms with Gasteiger partial charge >= 0.3 is 0 Å². The molecule has 1 fully saturated rings. The average molecular weight is 412 g/mol. The number of ether oxygens (including phenoxy) is 1. The fourth-order valence-electron chi connectivity index (χ4n) is 2.97. The Morgan fingerprint density at radius 3 is 2.37 bits per heavy atom. The van der Waals surface area contributed by atoms with Gasteiger partial charge in [0.25, 0.3) is 0 Å². The van der Waals surface area contributed by atoms with Gasteiger partial charge < -0.3 is 19.9 Å². The van der Waals surface area contributed by atoms with Gasteiger partial charge in [-0.3, -0.25) is 4.79 Å². The van der Waals surface area contributed by atoms with Gasteiger partial charge in [-0.1, -0.05) is 36.4 Å². The molecular formula is C20H27Cl2N3O2. The van der Waals surface area contributed by atoms with Gasteiger partial charge in [0.2, 0.25) is 5.91 Å². The maximum absolute atomic E-state index is 12.4. The van der Waals surface area contributed by atoms with Crippen molar-refractivity contribution in [3.8, 4) is 0 Å². The monoisotopic (exact) mass is 411 g/mol. The van der Waals surface area contributed by atoms with E-state index >= 15 is 0 Å². The third-order valence-electron chi connectivity index (χ3n) is 4.39. The van der Waals surface area contributed by atoms with Gasteiger partial charge in [0.05, 0.1) is 19.8 Å². The van der Waals surface area contributed by atoms with Crippen LogP contribution in [0.1, 0.15) is 5.56 Å². The van der Waals surface area contributed by atoms with Crippen molar-refractivity contribution < 1.29 is 9.53 Å². The smallest absolute Gasteiger partial charge is 0.241 e. The molecule has 2 aromatic carbocycles. The summed E-state index contributed by atoms with van der Waals surface area (Å²) in [5.41, 5.74) is 3.32. The van der Waals surface area contributed by atoms with Crippen LogP contribution in [0.15, 0.2) is 54.6 Å². The molecular weight excluding hydrogens is 385 g/mol. The number of hydrogen-bond acceptors (Lipinski definition) is 4. The average Bonchev–Trinajstić information content (AvgIpc) is 2.68. The van der Waals surface area contributed by atoms with Crippen molar-refractivity contribution in [2.75, 3.05) is 50.1 Å². The van der Waals surface area contributed by atoms with Crippen molar-refractivity contribution in [3.05, 3.63) is 60.2 Å². The molecule has 1 aliphatic rings. The van der Waals surface area contributed by atoms with Gasteiger partial charge in [0.15, 0.2) is 0 Å². The summed E-state index contributed by atoms with van der Waals surface area (Å²) < 4.78 is 5.44. The predicted octanol–water partition coefficient (Wildman–Crippen LogP) is 3.44. The molecule has 7 heteroatoms. The normalized spacial score (nSPS) is 13.1. The highest BCUT2D eigenvalue weighted by Gasteiger charge is 2.16. The molecule has 148 valence electrons. The molecule has 27 heavy (non-hydrogen) atoms. The van der Waals surface area contributed by atoms with E-state index in [1.807, 2.05) is 49.5 Å². The van der Waals surface area contributed by atoms with Crippen LogP contribution in [-0.2, 0) is 16.1 Å². The molecule has 5 nitrogen and oxygen atoms in total. The van der Waals surface area contributed by atoms with Gasteiger partial charge in [-0.15, -0.1) is 24.8 Å². The Morgan fingerprint density at radius 1 is 1.04 bits per heavy atom. The number of para-hydroxylation sites is 2. The maximum atomic E-state index is 12.4. The second kappa shape index (κ2) is 11.7. The summed E-state index contributed by atoms with van der Waals surface area (Å²) >= 11 is 0. The third kappa shape index (κ3) is 6.61. The van der Waals surface area contributed by atoms with Crippen LogP contribution in [0.3, 0.4) is 0 Å². The lowest BCUT2D eigenvalue weighted by Crippen LogP contribution is -2.37. The number of likely N-dealkylation sites (N-methyl/N-ethyl adjacent to an activating group) is 1. The van der Waals surface area contributed by atoms with E-state index < -0.39 is 0 Å². The van der Waals surface area contributed by atoms with Gasteiger partial charge in [-0.25, -0.2) is 0 Å². The standard InChI is InChI=1S/C20H25N3O2.2ClH/c1-22(20(24)15-21-18-8-3-2-4-9-18)16-17-7-5-6-10-19(17)23-11-13-25-14-12-23;;/h2-10,21H,11-16H2,1H3;2*1H.